The molecular formula is C12H14FN2+. The number of benzene rings is 1. The molecule has 78 valence electrons. The van der Waals surface area contributed by atoms with Gasteiger partial charge in [0, 0.05) is 28.6 Å². The molecule has 0 saturated heterocycles. The summed E-state index contributed by atoms with van der Waals surface area (Å²) in [5, 5.41) is 1.06. The van der Waals surface area contributed by atoms with E-state index in [9.17, 15) is 4.39 Å². The second-order valence-corrected chi connectivity index (χ2v) is 4.41. The maximum Gasteiger partial charge on any atom is 0.123 e. The number of likely N-dealkylation sites (N-methyl/N-ethyl adjacent to an activating group) is 1. The van der Waals surface area contributed by atoms with Gasteiger partial charge in [0.1, 0.15) is 12.4 Å². The Bertz CT molecular complexity index is 516. The van der Waals surface area contributed by atoms with Crippen molar-refractivity contribution >= 4 is 10.9 Å². The van der Waals surface area contributed by atoms with Crippen LogP contribution in [0.5, 0.6) is 0 Å². The zero-order chi connectivity index (χ0) is 10.4. The van der Waals surface area contributed by atoms with Crippen LogP contribution in [0.25, 0.3) is 10.9 Å². The molecule has 0 aliphatic carbocycles. The Labute approximate surface area is 87.7 Å². The quantitative estimate of drug-likeness (QED) is 0.637. The molecule has 0 amide bonds. The molecule has 2 heterocycles. The van der Waals surface area contributed by atoms with Gasteiger partial charge in [0.15, 0.2) is 0 Å². The van der Waals surface area contributed by atoms with E-state index in [1.165, 1.54) is 22.2 Å². The summed E-state index contributed by atoms with van der Waals surface area (Å²) in [6.07, 6.45) is 1.07. The third-order valence-electron chi connectivity index (χ3n) is 3.24. The average Bonchev–Trinajstić information content (AvgIpc) is 2.56. The van der Waals surface area contributed by atoms with E-state index < -0.39 is 0 Å². The molecule has 2 N–H and O–H groups in total. The van der Waals surface area contributed by atoms with Crippen molar-refractivity contribution in [1.29, 1.82) is 0 Å². The second kappa shape index (κ2) is 3.07. The molecule has 3 heteroatoms. The molecule has 2 aromatic rings. The van der Waals surface area contributed by atoms with Crippen LogP contribution in [-0.4, -0.2) is 18.6 Å². The van der Waals surface area contributed by atoms with Gasteiger partial charge in [-0.3, -0.25) is 0 Å². The van der Waals surface area contributed by atoms with E-state index in [4.69, 9.17) is 0 Å². The second-order valence-electron chi connectivity index (χ2n) is 4.41. The summed E-state index contributed by atoms with van der Waals surface area (Å²) in [7, 11) is 2.18. The Balaban J connectivity index is 2.25. The summed E-state index contributed by atoms with van der Waals surface area (Å²) in [5.74, 6) is -0.146. The van der Waals surface area contributed by atoms with E-state index in [1.54, 1.807) is 6.07 Å². The number of rotatable bonds is 0. The van der Waals surface area contributed by atoms with Crippen LogP contribution in [0.1, 0.15) is 11.3 Å². The number of hydrogen-bond acceptors (Lipinski definition) is 0. The van der Waals surface area contributed by atoms with Gasteiger partial charge in [0.05, 0.1) is 13.6 Å². The number of halogens is 1. The monoisotopic (exact) mass is 205 g/mol. The van der Waals surface area contributed by atoms with Gasteiger partial charge in [-0.1, -0.05) is 0 Å². The summed E-state index contributed by atoms with van der Waals surface area (Å²) < 4.78 is 13.2. The Morgan fingerprint density at radius 3 is 3.13 bits per heavy atom. The van der Waals surface area contributed by atoms with Crippen LogP contribution in [0, 0.1) is 5.82 Å². The predicted molar refractivity (Wildman–Crippen MR) is 57.4 cm³/mol. The van der Waals surface area contributed by atoms with Crippen LogP contribution in [0.3, 0.4) is 0 Å². The van der Waals surface area contributed by atoms with Crippen molar-refractivity contribution in [3.63, 3.8) is 0 Å². The van der Waals surface area contributed by atoms with E-state index in [2.05, 4.69) is 12.0 Å². The van der Waals surface area contributed by atoms with Gasteiger partial charge >= 0.3 is 0 Å². The SMILES string of the molecule is C[NH+]1CCc2[nH]c3ccc(F)cc3c2C1. The fraction of sp³-hybridized carbons (Fsp3) is 0.333. The maximum absolute atomic E-state index is 13.2. The van der Waals surface area contributed by atoms with Crippen molar-refractivity contribution in [2.45, 2.75) is 13.0 Å². The highest BCUT2D eigenvalue weighted by atomic mass is 19.1. The van der Waals surface area contributed by atoms with Crippen LogP contribution in [-0.2, 0) is 13.0 Å². The van der Waals surface area contributed by atoms with Gasteiger partial charge in [-0.05, 0) is 18.2 Å². The van der Waals surface area contributed by atoms with E-state index in [0.717, 1.165) is 30.4 Å². The van der Waals surface area contributed by atoms with Gasteiger partial charge < -0.3 is 9.88 Å². The first-order chi connectivity index (χ1) is 7.24. The number of fused-ring (bicyclic) bond motifs is 3. The summed E-state index contributed by atoms with van der Waals surface area (Å²) in [4.78, 5) is 4.88. The predicted octanol–water partition coefficient (Wildman–Crippen LogP) is 0.878. The highest BCUT2D eigenvalue weighted by Gasteiger charge is 2.20. The molecule has 15 heavy (non-hydrogen) atoms. The van der Waals surface area contributed by atoms with Gasteiger partial charge in [-0.25, -0.2) is 4.39 Å². The Morgan fingerprint density at radius 1 is 1.40 bits per heavy atom. The van der Waals surface area contributed by atoms with Crippen LogP contribution >= 0.6 is 0 Å². The minimum atomic E-state index is -0.146. The van der Waals surface area contributed by atoms with E-state index >= 15 is 0 Å². The molecule has 1 aliphatic heterocycles. The fourth-order valence-electron chi connectivity index (χ4n) is 2.42. The number of quaternary nitrogens is 1. The third-order valence-corrected chi connectivity index (χ3v) is 3.24. The van der Waals surface area contributed by atoms with E-state index in [1.807, 2.05) is 6.07 Å². The Hall–Kier alpha value is -1.35. The Morgan fingerprint density at radius 2 is 2.27 bits per heavy atom. The summed E-state index contributed by atoms with van der Waals surface area (Å²) in [6, 6.07) is 4.99. The fourth-order valence-corrected chi connectivity index (χ4v) is 2.42. The normalized spacial score (nSPS) is 20.5. The molecule has 0 radical (unpaired) electrons. The van der Waals surface area contributed by atoms with Gasteiger partial charge in [0.25, 0.3) is 0 Å². The van der Waals surface area contributed by atoms with Crippen molar-refractivity contribution in [2.75, 3.05) is 13.6 Å². The Kier molecular flexibility index (Phi) is 1.83. The average molecular weight is 205 g/mol. The first kappa shape index (κ1) is 8.92. The third kappa shape index (κ3) is 1.35. The van der Waals surface area contributed by atoms with Crippen molar-refractivity contribution in [3.8, 4) is 0 Å². The molecule has 1 unspecified atom stereocenters. The number of nitrogens with one attached hydrogen (secondary N) is 2. The smallest absolute Gasteiger partial charge is 0.123 e. The highest BCUT2D eigenvalue weighted by molar-refractivity contribution is 5.84. The van der Waals surface area contributed by atoms with Crippen LogP contribution in [0.4, 0.5) is 4.39 Å². The van der Waals surface area contributed by atoms with Crippen molar-refractivity contribution < 1.29 is 9.29 Å². The van der Waals surface area contributed by atoms with Crippen LogP contribution in [0.15, 0.2) is 18.2 Å². The highest BCUT2D eigenvalue weighted by Crippen LogP contribution is 2.24. The van der Waals surface area contributed by atoms with Crippen LogP contribution in [0.2, 0.25) is 0 Å². The number of aromatic amines is 1. The van der Waals surface area contributed by atoms with Crippen molar-refractivity contribution in [2.24, 2.45) is 0 Å². The lowest BCUT2D eigenvalue weighted by Crippen LogP contribution is -3.08. The molecule has 0 spiro atoms. The molecular weight excluding hydrogens is 191 g/mol. The minimum absolute atomic E-state index is 0.146. The lowest BCUT2D eigenvalue weighted by atomic mass is 10.1. The van der Waals surface area contributed by atoms with Crippen molar-refractivity contribution in [1.82, 2.24) is 4.98 Å². The molecule has 0 saturated carbocycles. The molecule has 0 fully saturated rings. The van der Waals surface area contributed by atoms with Crippen LogP contribution < -0.4 is 4.90 Å². The standard InChI is InChI=1S/C12H13FN2/c1-15-5-4-12-10(7-15)9-6-8(13)2-3-11(9)14-12/h2-3,6,14H,4-5,7H2,1H3/p+1. The maximum atomic E-state index is 13.2. The molecule has 1 aromatic heterocycles. The molecule has 0 bridgehead atoms. The zero-order valence-electron chi connectivity index (χ0n) is 8.73. The summed E-state index contributed by atoms with van der Waals surface area (Å²) in [5.41, 5.74) is 3.66. The molecule has 2 nitrogen and oxygen atoms in total. The zero-order valence-corrected chi connectivity index (χ0v) is 8.73. The molecule has 1 aromatic carbocycles. The first-order valence-corrected chi connectivity index (χ1v) is 5.34. The lowest BCUT2D eigenvalue weighted by Gasteiger charge is -2.19. The molecule has 1 aliphatic rings. The van der Waals surface area contributed by atoms with Gasteiger partial charge in [-0.15, -0.1) is 0 Å². The van der Waals surface area contributed by atoms with E-state index in [-0.39, 0.29) is 5.82 Å². The largest absolute Gasteiger partial charge is 0.358 e. The van der Waals surface area contributed by atoms with Gasteiger partial charge in [-0.2, -0.15) is 0 Å². The minimum Gasteiger partial charge on any atom is -0.358 e. The number of aromatic nitrogens is 1. The number of H-pyrrole nitrogens is 1. The van der Waals surface area contributed by atoms with Crippen molar-refractivity contribution in [3.05, 3.63) is 35.3 Å². The molecule has 1 atom stereocenters. The van der Waals surface area contributed by atoms with E-state index in [0.29, 0.717) is 0 Å². The summed E-state index contributed by atoms with van der Waals surface area (Å²) in [6.45, 7) is 2.15. The van der Waals surface area contributed by atoms with Gasteiger partial charge in [0.2, 0.25) is 0 Å². The first-order valence-electron chi connectivity index (χ1n) is 5.34. The number of hydrogen-bond donors (Lipinski definition) is 2. The lowest BCUT2D eigenvalue weighted by molar-refractivity contribution is -0.895. The molecule has 3 rings (SSSR count). The summed E-state index contributed by atoms with van der Waals surface area (Å²) >= 11 is 0. The topological polar surface area (TPSA) is 20.2 Å².